The topological polar surface area (TPSA) is 42.4 Å². The van der Waals surface area contributed by atoms with Crippen LogP contribution in [0.2, 0.25) is 0 Å². The molecule has 1 aromatic carbocycles. The van der Waals surface area contributed by atoms with Gasteiger partial charge in [0.15, 0.2) is 0 Å². The summed E-state index contributed by atoms with van der Waals surface area (Å²) in [6.07, 6.45) is 1.58. The van der Waals surface area contributed by atoms with Gasteiger partial charge in [0.25, 0.3) is 0 Å². The third kappa shape index (κ3) is 3.52. The lowest BCUT2D eigenvalue weighted by atomic mass is 10.2. The maximum Gasteiger partial charge on any atom is 0.145 e. The largest absolute Gasteiger partial charge is 0.455 e. The molecular formula is C14H13BrFNO2. The summed E-state index contributed by atoms with van der Waals surface area (Å²) in [7, 11) is 0. The third-order valence-corrected chi connectivity index (χ3v) is 3.23. The minimum absolute atomic E-state index is 0.334. The normalized spacial score (nSPS) is 12.2. The Hall–Kier alpha value is -1.46. The Morgan fingerprint density at radius 2 is 2.16 bits per heavy atom. The molecule has 5 heteroatoms. The first kappa shape index (κ1) is 14.0. The van der Waals surface area contributed by atoms with Crippen LogP contribution in [0.5, 0.6) is 11.5 Å². The van der Waals surface area contributed by atoms with Crippen molar-refractivity contribution < 1.29 is 14.2 Å². The highest BCUT2D eigenvalue weighted by Gasteiger charge is 2.08. The number of rotatable bonds is 4. The van der Waals surface area contributed by atoms with E-state index >= 15 is 0 Å². The number of aliphatic hydroxyl groups is 1. The Bertz CT molecular complexity index is 560. The molecule has 0 radical (unpaired) electrons. The highest BCUT2D eigenvalue weighted by Crippen LogP contribution is 2.30. The molecule has 0 aliphatic rings. The van der Waals surface area contributed by atoms with E-state index in [1.54, 1.807) is 12.1 Å². The van der Waals surface area contributed by atoms with E-state index in [9.17, 15) is 9.50 Å². The first-order chi connectivity index (χ1) is 9.10. The maximum absolute atomic E-state index is 12.9. The van der Waals surface area contributed by atoms with E-state index < -0.39 is 6.10 Å². The maximum atomic E-state index is 12.9. The van der Waals surface area contributed by atoms with Gasteiger partial charge in [-0.15, -0.1) is 0 Å². The smallest absolute Gasteiger partial charge is 0.145 e. The van der Waals surface area contributed by atoms with Crippen LogP contribution in [0.1, 0.15) is 25.1 Å². The van der Waals surface area contributed by atoms with Crippen molar-refractivity contribution in [2.75, 3.05) is 0 Å². The average Bonchev–Trinajstić information content (AvgIpc) is 2.42. The quantitative estimate of drug-likeness (QED) is 0.915. The van der Waals surface area contributed by atoms with Crippen molar-refractivity contribution >= 4 is 15.9 Å². The standard InChI is InChI=1S/C14H13BrFNO2/c1-2-13(18)12-5-4-10(8-17-12)19-14-6-3-9(16)7-11(14)15/h3-8,13,18H,2H2,1H3. The molecule has 1 unspecified atom stereocenters. The van der Waals surface area contributed by atoms with Crippen LogP contribution in [-0.4, -0.2) is 10.1 Å². The summed E-state index contributed by atoms with van der Waals surface area (Å²) in [5, 5.41) is 9.63. The molecule has 2 rings (SSSR count). The third-order valence-electron chi connectivity index (χ3n) is 2.61. The Morgan fingerprint density at radius 1 is 1.37 bits per heavy atom. The molecule has 1 N–H and O–H groups in total. The van der Waals surface area contributed by atoms with E-state index in [2.05, 4.69) is 20.9 Å². The number of hydrogen-bond donors (Lipinski definition) is 1. The molecule has 0 amide bonds. The van der Waals surface area contributed by atoms with E-state index in [-0.39, 0.29) is 5.82 Å². The zero-order chi connectivity index (χ0) is 13.8. The minimum Gasteiger partial charge on any atom is -0.455 e. The average molecular weight is 326 g/mol. The summed E-state index contributed by atoms with van der Waals surface area (Å²) in [5.74, 6) is 0.699. The van der Waals surface area contributed by atoms with Crippen LogP contribution in [0.3, 0.4) is 0 Å². The van der Waals surface area contributed by atoms with E-state index in [4.69, 9.17) is 4.74 Å². The first-order valence-corrected chi connectivity index (χ1v) is 6.66. The second-order valence-electron chi connectivity index (χ2n) is 4.02. The van der Waals surface area contributed by atoms with Gasteiger partial charge in [0.1, 0.15) is 17.3 Å². The number of ether oxygens (including phenoxy) is 1. The lowest BCUT2D eigenvalue weighted by Crippen LogP contribution is -1.98. The monoisotopic (exact) mass is 325 g/mol. The predicted molar refractivity (Wildman–Crippen MR) is 73.7 cm³/mol. The highest BCUT2D eigenvalue weighted by atomic mass is 79.9. The van der Waals surface area contributed by atoms with Crippen LogP contribution < -0.4 is 4.74 Å². The Kier molecular flexibility index (Phi) is 4.50. The summed E-state index contributed by atoms with van der Waals surface area (Å²) in [4.78, 5) is 4.13. The lowest BCUT2D eigenvalue weighted by Gasteiger charge is -2.10. The van der Waals surface area contributed by atoms with E-state index in [0.29, 0.717) is 28.1 Å². The van der Waals surface area contributed by atoms with Gasteiger partial charge >= 0.3 is 0 Å². The number of nitrogens with zero attached hydrogens (tertiary/aromatic N) is 1. The molecule has 0 bridgehead atoms. The Morgan fingerprint density at radius 3 is 2.74 bits per heavy atom. The zero-order valence-electron chi connectivity index (χ0n) is 10.3. The molecule has 2 aromatic rings. The van der Waals surface area contributed by atoms with Crippen LogP contribution in [-0.2, 0) is 0 Å². The molecule has 19 heavy (non-hydrogen) atoms. The van der Waals surface area contributed by atoms with Gasteiger partial charge < -0.3 is 9.84 Å². The second kappa shape index (κ2) is 6.12. The second-order valence-corrected chi connectivity index (χ2v) is 4.87. The van der Waals surface area contributed by atoms with Gasteiger partial charge in [-0.25, -0.2) is 4.39 Å². The molecule has 0 aliphatic heterocycles. The molecule has 1 atom stereocenters. The van der Waals surface area contributed by atoms with Crippen LogP contribution >= 0.6 is 15.9 Å². The van der Waals surface area contributed by atoms with Gasteiger partial charge in [-0.05, 0) is 52.7 Å². The molecule has 0 fully saturated rings. The van der Waals surface area contributed by atoms with Crippen molar-refractivity contribution in [2.24, 2.45) is 0 Å². The van der Waals surface area contributed by atoms with Crippen molar-refractivity contribution in [2.45, 2.75) is 19.4 Å². The molecule has 0 aliphatic carbocycles. The summed E-state index contributed by atoms with van der Waals surface area (Å²) >= 11 is 3.23. The van der Waals surface area contributed by atoms with Crippen molar-refractivity contribution in [1.29, 1.82) is 0 Å². The molecule has 0 spiro atoms. The molecule has 1 heterocycles. The Labute approximate surface area is 119 Å². The van der Waals surface area contributed by atoms with E-state index in [1.165, 1.54) is 24.4 Å². The van der Waals surface area contributed by atoms with Gasteiger partial charge in [-0.2, -0.15) is 0 Å². The van der Waals surface area contributed by atoms with Crippen LogP contribution in [0.25, 0.3) is 0 Å². The predicted octanol–water partition coefficient (Wildman–Crippen LogP) is 4.22. The Balaban J connectivity index is 2.15. The van der Waals surface area contributed by atoms with Crippen LogP contribution in [0, 0.1) is 5.82 Å². The minimum atomic E-state index is -0.563. The summed E-state index contributed by atoms with van der Waals surface area (Å²) in [6, 6.07) is 7.62. The highest BCUT2D eigenvalue weighted by molar-refractivity contribution is 9.10. The fourth-order valence-corrected chi connectivity index (χ4v) is 1.98. The molecule has 0 saturated heterocycles. The number of aliphatic hydroxyl groups excluding tert-OH is 1. The van der Waals surface area contributed by atoms with Crippen LogP contribution in [0.4, 0.5) is 4.39 Å². The fraction of sp³-hybridized carbons (Fsp3) is 0.214. The summed E-state index contributed by atoms with van der Waals surface area (Å²) in [5.41, 5.74) is 0.605. The molecular weight excluding hydrogens is 313 g/mol. The summed E-state index contributed by atoms with van der Waals surface area (Å²) < 4.78 is 19.0. The van der Waals surface area contributed by atoms with Crippen molar-refractivity contribution in [1.82, 2.24) is 4.98 Å². The van der Waals surface area contributed by atoms with E-state index in [0.717, 1.165) is 0 Å². The number of aromatic nitrogens is 1. The van der Waals surface area contributed by atoms with Gasteiger partial charge in [0.05, 0.1) is 22.5 Å². The van der Waals surface area contributed by atoms with Gasteiger partial charge in [-0.1, -0.05) is 6.92 Å². The molecule has 0 saturated carbocycles. The fourth-order valence-electron chi connectivity index (χ4n) is 1.54. The number of pyridine rings is 1. The first-order valence-electron chi connectivity index (χ1n) is 5.87. The van der Waals surface area contributed by atoms with E-state index in [1.807, 2.05) is 6.92 Å². The SMILES string of the molecule is CCC(O)c1ccc(Oc2ccc(F)cc2Br)cn1. The number of hydrogen-bond acceptors (Lipinski definition) is 3. The van der Waals surface area contributed by atoms with Crippen molar-refractivity contribution in [3.8, 4) is 11.5 Å². The zero-order valence-corrected chi connectivity index (χ0v) is 11.9. The van der Waals surface area contributed by atoms with Crippen LogP contribution in [0.15, 0.2) is 41.0 Å². The van der Waals surface area contributed by atoms with Crippen molar-refractivity contribution in [3.05, 3.63) is 52.5 Å². The molecule has 3 nitrogen and oxygen atoms in total. The number of halogens is 2. The van der Waals surface area contributed by atoms with Gasteiger partial charge in [0.2, 0.25) is 0 Å². The number of benzene rings is 1. The van der Waals surface area contributed by atoms with Crippen molar-refractivity contribution in [3.63, 3.8) is 0 Å². The summed E-state index contributed by atoms with van der Waals surface area (Å²) in [6.45, 7) is 1.88. The van der Waals surface area contributed by atoms with Gasteiger partial charge in [-0.3, -0.25) is 4.98 Å². The molecule has 100 valence electrons. The van der Waals surface area contributed by atoms with Gasteiger partial charge in [0, 0.05) is 0 Å². The lowest BCUT2D eigenvalue weighted by molar-refractivity contribution is 0.169. The molecule has 1 aromatic heterocycles.